The lowest BCUT2D eigenvalue weighted by Gasteiger charge is -2.22. The summed E-state index contributed by atoms with van der Waals surface area (Å²) in [5.74, 6) is 0.858. The lowest BCUT2D eigenvalue weighted by atomic mass is 9.92. The molecule has 0 atom stereocenters. The van der Waals surface area contributed by atoms with Gasteiger partial charge in [-0.1, -0.05) is 40.0 Å². The fourth-order valence-electron chi connectivity index (χ4n) is 4.27. The first kappa shape index (κ1) is 20.6. The van der Waals surface area contributed by atoms with E-state index in [0.29, 0.717) is 11.8 Å². The van der Waals surface area contributed by atoms with Gasteiger partial charge in [0.05, 0.1) is 11.4 Å². The summed E-state index contributed by atoms with van der Waals surface area (Å²) in [6.07, 6.45) is 9.17. The van der Waals surface area contributed by atoms with Gasteiger partial charge in [0.15, 0.2) is 0 Å². The molecule has 0 bridgehead atoms. The van der Waals surface area contributed by atoms with Crippen LogP contribution in [-0.4, -0.2) is 31.8 Å². The molecule has 0 saturated heterocycles. The lowest BCUT2D eigenvalue weighted by molar-refractivity contribution is 0.244. The van der Waals surface area contributed by atoms with Crippen molar-refractivity contribution in [2.75, 3.05) is 5.32 Å². The molecule has 2 heterocycles. The quantitative estimate of drug-likeness (QED) is 0.716. The minimum Gasteiger partial charge on any atom is -0.335 e. The molecule has 8 heteroatoms. The third-order valence-corrected chi connectivity index (χ3v) is 6.04. The maximum Gasteiger partial charge on any atom is 0.320 e. The predicted octanol–water partition coefficient (Wildman–Crippen LogP) is 3.59. The molecule has 1 saturated carbocycles. The molecule has 0 aromatic carbocycles. The number of carbonyl (C=O) groups is 1. The number of amides is 2. The molecule has 4 rings (SSSR count). The topological polar surface area (TPSA) is 105 Å². The molecule has 2 aliphatic carbocycles. The van der Waals surface area contributed by atoms with E-state index in [9.17, 15) is 9.59 Å². The van der Waals surface area contributed by atoms with Gasteiger partial charge in [-0.2, -0.15) is 9.78 Å². The molecule has 8 nitrogen and oxygen atoms in total. The van der Waals surface area contributed by atoms with E-state index in [4.69, 9.17) is 4.98 Å². The minimum absolute atomic E-state index is 0.111. The number of aromatic amines is 1. The molecule has 0 radical (unpaired) electrons. The molecular weight excluding hydrogens is 380 g/mol. The first-order chi connectivity index (χ1) is 14.3. The summed E-state index contributed by atoms with van der Waals surface area (Å²) in [5, 5.41) is 10.7. The van der Waals surface area contributed by atoms with Crippen LogP contribution in [0.15, 0.2) is 10.9 Å². The largest absolute Gasteiger partial charge is 0.335 e. The Hall–Kier alpha value is -2.64. The van der Waals surface area contributed by atoms with Crippen LogP contribution in [-0.2, 0) is 18.3 Å². The van der Waals surface area contributed by atoms with E-state index in [-0.39, 0.29) is 23.0 Å². The maximum atomic E-state index is 12.7. The predicted molar refractivity (Wildman–Crippen MR) is 116 cm³/mol. The normalized spacial score (nSPS) is 17.4. The zero-order chi connectivity index (χ0) is 21.3. The first-order valence-electron chi connectivity index (χ1n) is 11.1. The van der Waals surface area contributed by atoms with E-state index < -0.39 is 0 Å². The van der Waals surface area contributed by atoms with Crippen molar-refractivity contribution in [1.82, 2.24) is 25.1 Å². The third-order valence-electron chi connectivity index (χ3n) is 6.04. The molecule has 0 unspecified atom stereocenters. The maximum absolute atomic E-state index is 12.7. The van der Waals surface area contributed by atoms with Gasteiger partial charge < -0.3 is 5.32 Å². The van der Waals surface area contributed by atoms with E-state index in [1.807, 2.05) is 6.07 Å². The highest BCUT2D eigenvalue weighted by Crippen LogP contribution is 2.26. The molecular formula is C22H32N6O2. The summed E-state index contributed by atoms with van der Waals surface area (Å²) >= 11 is 0. The molecule has 2 aromatic heterocycles. The Morgan fingerprint density at radius 1 is 1.13 bits per heavy atom. The fraction of sp³-hybridized carbons (Fsp3) is 0.636. The van der Waals surface area contributed by atoms with Crippen LogP contribution >= 0.6 is 0 Å². The molecule has 1 fully saturated rings. The van der Waals surface area contributed by atoms with Gasteiger partial charge in [0.2, 0.25) is 5.95 Å². The average molecular weight is 413 g/mol. The summed E-state index contributed by atoms with van der Waals surface area (Å²) in [7, 11) is 0. The second-order valence-electron chi connectivity index (χ2n) is 9.53. The van der Waals surface area contributed by atoms with Crippen molar-refractivity contribution in [2.24, 2.45) is 0 Å². The van der Waals surface area contributed by atoms with Gasteiger partial charge >= 0.3 is 6.03 Å². The number of hydrogen-bond donors (Lipinski definition) is 3. The van der Waals surface area contributed by atoms with Crippen molar-refractivity contribution >= 4 is 11.8 Å². The number of aryl methyl sites for hydroxylation is 1. The number of nitrogens with zero attached hydrogens (tertiary/aromatic N) is 3. The zero-order valence-corrected chi connectivity index (χ0v) is 18.2. The van der Waals surface area contributed by atoms with Gasteiger partial charge in [-0.3, -0.25) is 15.1 Å². The van der Waals surface area contributed by atoms with Gasteiger partial charge in [-0.15, -0.1) is 0 Å². The molecule has 2 aromatic rings. The first-order valence-corrected chi connectivity index (χ1v) is 11.1. The third kappa shape index (κ3) is 4.42. The molecule has 3 N–H and O–H groups in total. The summed E-state index contributed by atoms with van der Waals surface area (Å²) in [6, 6.07) is 1.82. The van der Waals surface area contributed by atoms with Crippen molar-refractivity contribution in [1.29, 1.82) is 0 Å². The number of urea groups is 1. The Morgan fingerprint density at radius 2 is 1.87 bits per heavy atom. The summed E-state index contributed by atoms with van der Waals surface area (Å²) in [4.78, 5) is 32.9. The van der Waals surface area contributed by atoms with Crippen LogP contribution in [0.2, 0.25) is 0 Å². The Kier molecular flexibility index (Phi) is 5.66. The van der Waals surface area contributed by atoms with Gasteiger partial charge in [-0.25, -0.2) is 9.78 Å². The standard InChI is InChI=1S/C22H32N6O2/c1-22(2,3)17-13-18(25-21(30)23-14-9-5-4-6-10-14)28(27-17)20-24-16-12-8-7-11-15(16)19(29)26-20/h13-14H,4-12H2,1-3H3,(H2,23,25,30)(H,24,26,29). The molecule has 2 aliphatic rings. The van der Waals surface area contributed by atoms with Gasteiger partial charge in [0, 0.05) is 23.1 Å². The highest BCUT2D eigenvalue weighted by atomic mass is 16.2. The average Bonchev–Trinajstić information content (AvgIpc) is 3.13. The van der Waals surface area contributed by atoms with E-state index in [0.717, 1.165) is 68.3 Å². The molecule has 0 aliphatic heterocycles. The van der Waals surface area contributed by atoms with Crippen LogP contribution in [0.4, 0.5) is 10.6 Å². The number of H-pyrrole nitrogens is 1. The van der Waals surface area contributed by atoms with Gasteiger partial charge in [-0.05, 0) is 38.5 Å². The van der Waals surface area contributed by atoms with Gasteiger partial charge in [0.25, 0.3) is 5.56 Å². The van der Waals surface area contributed by atoms with Crippen LogP contribution in [0, 0.1) is 0 Å². The molecule has 2 amide bonds. The fourth-order valence-corrected chi connectivity index (χ4v) is 4.27. The zero-order valence-electron chi connectivity index (χ0n) is 18.2. The highest BCUT2D eigenvalue weighted by molar-refractivity contribution is 5.88. The number of hydrogen-bond acceptors (Lipinski definition) is 4. The van der Waals surface area contributed by atoms with Crippen molar-refractivity contribution in [3.8, 4) is 5.95 Å². The number of rotatable bonds is 3. The Labute approximate surface area is 176 Å². The molecule has 30 heavy (non-hydrogen) atoms. The molecule has 162 valence electrons. The molecule has 0 spiro atoms. The summed E-state index contributed by atoms with van der Waals surface area (Å²) in [6.45, 7) is 6.19. The second-order valence-corrected chi connectivity index (χ2v) is 9.53. The SMILES string of the molecule is CC(C)(C)c1cc(NC(=O)NC2CCCCC2)n(-c2nc3c(c(=O)[nH]2)CCCC3)n1. The Morgan fingerprint density at radius 3 is 2.60 bits per heavy atom. The Bertz CT molecular complexity index is 978. The van der Waals surface area contributed by atoms with E-state index in [1.165, 1.54) is 6.42 Å². The van der Waals surface area contributed by atoms with Crippen LogP contribution in [0.5, 0.6) is 0 Å². The van der Waals surface area contributed by atoms with Crippen LogP contribution in [0.3, 0.4) is 0 Å². The van der Waals surface area contributed by atoms with Crippen LogP contribution < -0.4 is 16.2 Å². The number of fused-ring (bicyclic) bond motifs is 1. The monoisotopic (exact) mass is 412 g/mol. The number of anilines is 1. The number of carbonyl (C=O) groups excluding carboxylic acids is 1. The van der Waals surface area contributed by atoms with Gasteiger partial charge in [0.1, 0.15) is 5.82 Å². The second kappa shape index (κ2) is 8.24. The van der Waals surface area contributed by atoms with E-state index in [1.54, 1.807) is 4.68 Å². The van der Waals surface area contributed by atoms with Crippen molar-refractivity contribution in [2.45, 2.75) is 90.0 Å². The lowest BCUT2D eigenvalue weighted by Crippen LogP contribution is -2.39. The van der Waals surface area contributed by atoms with Crippen LogP contribution in [0.25, 0.3) is 5.95 Å². The van der Waals surface area contributed by atoms with E-state index in [2.05, 4.69) is 41.5 Å². The van der Waals surface area contributed by atoms with Crippen LogP contribution in [0.1, 0.15) is 82.7 Å². The Balaban J connectivity index is 1.65. The smallest absolute Gasteiger partial charge is 0.320 e. The summed E-state index contributed by atoms with van der Waals surface area (Å²) in [5.41, 5.74) is 2.11. The number of aromatic nitrogens is 4. The highest BCUT2D eigenvalue weighted by Gasteiger charge is 2.24. The minimum atomic E-state index is -0.246. The van der Waals surface area contributed by atoms with Crippen molar-refractivity contribution < 1.29 is 4.79 Å². The summed E-state index contributed by atoms with van der Waals surface area (Å²) < 4.78 is 1.55. The van der Waals surface area contributed by atoms with E-state index >= 15 is 0 Å². The van der Waals surface area contributed by atoms with Crippen molar-refractivity contribution in [3.05, 3.63) is 33.4 Å². The number of nitrogens with one attached hydrogen (secondary N) is 3. The van der Waals surface area contributed by atoms with Crippen molar-refractivity contribution in [3.63, 3.8) is 0 Å².